The molecule has 0 aliphatic carbocycles. The van der Waals surface area contributed by atoms with Gasteiger partial charge in [0.1, 0.15) is 0 Å². The highest BCUT2D eigenvalue weighted by atomic mass is 16.4. The summed E-state index contributed by atoms with van der Waals surface area (Å²) in [5.41, 5.74) is 0. The quantitative estimate of drug-likeness (QED) is 0.792. The number of amides is 2. The van der Waals surface area contributed by atoms with E-state index in [0.717, 1.165) is 19.4 Å². The van der Waals surface area contributed by atoms with Crippen molar-refractivity contribution in [3.05, 3.63) is 0 Å². The van der Waals surface area contributed by atoms with Gasteiger partial charge in [0, 0.05) is 31.2 Å². The Balaban J connectivity index is 1.88. The number of nitrogens with one attached hydrogen (secondary N) is 1. The van der Waals surface area contributed by atoms with Crippen LogP contribution in [0.25, 0.3) is 0 Å². The van der Waals surface area contributed by atoms with Crippen molar-refractivity contribution >= 4 is 12.0 Å². The number of urea groups is 1. The first-order valence-electron chi connectivity index (χ1n) is 7.40. The van der Waals surface area contributed by atoms with E-state index in [1.807, 2.05) is 6.92 Å². The van der Waals surface area contributed by atoms with Crippen LogP contribution in [0.4, 0.5) is 4.79 Å². The maximum atomic E-state index is 12.3. The van der Waals surface area contributed by atoms with Crippen molar-refractivity contribution in [1.29, 1.82) is 0 Å². The van der Waals surface area contributed by atoms with Crippen LogP contribution in [0.2, 0.25) is 0 Å². The predicted octanol–water partition coefficient (Wildman–Crippen LogP) is 0.974. The molecule has 2 rings (SSSR count). The van der Waals surface area contributed by atoms with Gasteiger partial charge in [-0.3, -0.25) is 4.79 Å². The minimum absolute atomic E-state index is 0.108. The fourth-order valence-electron chi connectivity index (χ4n) is 3.23. The highest BCUT2D eigenvalue weighted by molar-refractivity contribution is 5.78. The van der Waals surface area contributed by atoms with Crippen molar-refractivity contribution in [3.8, 4) is 0 Å². The van der Waals surface area contributed by atoms with E-state index in [2.05, 4.69) is 24.2 Å². The van der Waals surface area contributed by atoms with Gasteiger partial charge in [-0.2, -0.15) is 0 Å². The summed E-state index contributed by atoms with van der Waals surface area (Å²) in [6, 6.07) is 0.334. The van der Waals surface area contributed by atoms with E-state index in [0.29, 0.717) is 19.0 Å². The van der Waals surface area contributed by atoms with Crippen LogP contribution in [0.3, 0.4) is 0 Å². The Morgan fingerprint density at radius 1 is 1.20 bits per heavy atom. The third-order valence-corrected chi connectivity index (χ3v) is 4.87. The van der Waals surface area contributed by atoms with Crippen LogP contribution in [-0.4, -0.2) is 65.2 Å². The van der Waals surface area contributed by atoms with Gasteiger partial charge in [-0.05, 0) is 40.2 Å². The van der Waals surface area contributed by atoms with Gasteiger partial charge < -0.3 is 20.2 Å². The highest BCUT2D eigenvalue weighted by Crippen LogP contribution is 2.25. The van der Waals surface area contributed by atoms with Crippen molar-refractivity contribution in [2.45, 2.75) is 51.2 Å². The second kappa shape index (κ2) is 5.99. The van der Waals surface area contributed by atoms with Crippen LogP contribution in [0, 0.1) is 5.92 Å². The molecule has 0 aromatic carbocycles. The Labute approximate surface area is 120 Å². The number of hydrogen-bond donors (Lipinski definition) is 2. The first-order chi connectivity index (χ1) is 9.40. The normalized spacial score (nSPS) is 35.0. The van der Waals surface area contributed by atoms with Gasteiger partial charge in [-0.25, -0.2) is 4.79 Å². The van der Waals surface area contributed by atoms with Gasteiger partial charge >= 0.3 is 12.0 Å². The van der Waals surface area contributed by atoms with Crippen LogP contribution < -0.4 is 5.32 Å². The molecule has 4 atom stereocenters. The molecule has 0 saturated carbocycles. The lowest BCUT2D eigenvalue weighted by atomic mass is 9.99. The molecule has 2 saturated heterocycles. The average molecular weight is 283 g/mol. The molecule has 2 heterocycles. The number of hydrogen-bond acceptors (Lipinski definition) is 3. The molecule has 2 N–H and O–H groups in total. The molecule has 2 fully saturated rings. The Bertz CT molecular complexity index is 388. The number of aliphatic carboxylic acids is 1. The Morgan fingerprint density at radius 3 is 2.45 bits per heavy atom. The van der Waals surface area contributed by atoms with Crippen molar-refractivity contribution in [1.82, 2.24) is 15.1 Å². The Morgan fingerprint density at radius 2 is 1.90 bits per heavy atom. The van der Waals surface area contributed by atoms with Crippen molar-refractivity contribution in [2.75, 3.05) is 20.1 Å². The van der Waals surface area contributed by atoms with Crippen LogP contribution in [0.5, 0.6) is 0 Å². The fraction of sp³-hybridized carbons (Fsp3) is 0.857. The first-order valence-corrected chi connectivity index (χ1v) is 7.40. The van der Waals surface area contributed by atoms with E-state index < -0.39 is 11.9 Å². The number of carbonyl (C=O) groups is 2. The molecular weight excluding hydrogens is 258 g/mol. The minimum Gasteiger partial charge on any atom is -0.481 e. The summed E-state index contributed by atoms with van der Waals surface area (Å²) >= 11 is 0. The molecule has 6 nitrogen and oxygen atoms in total. The maximum absolute atomic E-state index is 12.3. The van der Waals surface area contributed by atoms with Crippen molar-refractivity contribution < 1.29 is 14.7 Å². The topological polar surface area (TPSA) is 72.9 Å². The number of rotatable bonds is 2. The zero-order valence-corrected chi connectivity index (χ0v) is 12.5. The molecule has 20 heavy (non-hydrogen) atoms. The van der Waals surface area contributed by atoms with E-state index in [1.54, 1.807) is 4.90 Å². The highest BCUT2D eigenvalue weighted by Gasteiger charge is 2.38. The van der Waals surface area contributed by atoms with Crippen LogP contribution in [0.15, 0.2) is 0 Å². The molecule has 2 amide bonds. The standard InChI is InChI=1S/C14H25N3O3/c1-9-8-11(4-6-16(9)3)15-14(20)17-7-5-12(10(17)2)13(18)19/h9-12H,4-8H2,1-3H3,(H,15,20)(H,18,19). The van der Waals surface area contributed by atoms with Crippen molar-refractivity contribution in [2.24, 2.45) is 5.92 Å². The van der Waals surface area contributed by atoms with E-state index >= 15 is 0 Å². The number of piperidine rings is 1. The molecule has 0 bridgehead atoms. The number of carboxylic acid groups (broad SMARTS) is 1. The summed E-state index contributed by atoms with van der Waals surface area (Å²) in [6.45, 7) is 5.51. The minimum atomic E-state index is -0.805. The third-order valence-electron chi connectivity index (χ3n) is 4.87. The largest absolute Gasteiger partial charge is 0.481 e. The summed E-state index contributed by atoms with van der Waals surface area (Å²) in [5.74, 6) is -1.24. The van der Waals surface area contributed by atoms with Gasteiger partial charge in [0.05, 0.1) is 5.92 Å². The SMILES string of the molecule is CC1CC(NC(=O)N2CCC(C(=O)O)C2C)CCN1C. The Kier molecular flexibility index (Phi) is 4.52. The smallest absolute Gasteiger partial charge is 0.317 e. The molecule has 0 aromatic rings. The number of carboxylic acids is 1. The van der Waals surface area contributed by atoms with E-state index in [-0.39, 0.29) is 18.1 Å². The van der Waals surface area contributed by atoms with E-state index in [4.69, 9.17) is 5.11 Å². The molecule has 4 unspecified atom stereocenters. The molecule has 2 aliphatic rings. The molecule has 0 radical (unpaired) electrons. The number of nitrogens with zero attached hydrogens (tertiary/aromatic N) is 2. The number of carbonyl (C=O) groups excluding carboxylic acids is 1. The van der Waals surface area contributed by atoms with Gasteiger partial charge in [0.25, 0.3) is 0 Å². The summed E-state index contributed by atoms with van der Waals surface area (Å²) in [4.78, 5) is 27.3. The summed E-state index contributed by atoms with van der Waals surface area (Å²) in [6.07, 6.45) is 2.46. The van der Waals surface area contributed by atoms with Crippen LogP contribution >= 0.6 is 0 Å². The maximum Gasteiger partial charge on any atom is 0.317 e. The Hall–Kier alpha value is -1.30. The van der Waals surface area contributed by atoms with Gasteiger partial charge in [0.15, 0.2) is 0 Å². The summed E-state index contributed by atoms with van der Waals surface area (Å²) in [5, 5.41) is 12.2. The van der Waals surface area contributed by atoms with E-state index in [1.165, 1.54) is 0 Å². The second-order valence-corrected chi connectivity index (χ2v) is 6.17. The predicted molar refractivity (Wildman–Crippen MR) is 75.6 cm³/mol. The lowest BCUT2D eigenvalue weighted by molar-refractivity contribution is -0.142. The average Bonchev–Trinajstić information content (AvgIpc) is 2.76. The fourth-order valence-corrected chi connectivity index (χ4v) is 3.23. The molecule has 0 aromatic heterocycles. The molecule has 114 valence electrons. The molecular formula is C14H25N3O3. The zero-order chi connectivity index (χ0) is 14.9. The lowest BCUT2D eigenvalue weighted by Gasteiger charge is -2.36. The molecule has 6 heteroatoms. The molecule has 0 spiro atoms. The lowest BCUT2D eigenvalue weighted by Crippen LogP contribution is -2.52. The van der Waals surface area contributed by atoms with Crippen molar-refractivity contribution in [3.63, 3.8) is 0 Å². The van der Waals surface area contributed by atoms with Crippen LogP contribution in [-0.2, 0) is 4.79 Å². The third kappa shape index (κ3) is 3.06. The zero-order valence-electron chi connectivity index (χ0n) is 12.5. The van der Waals surface area contributed by atoms with Gasteiger partial charge in [-0.15, -0.1) is 0 Å². The monoisotopic (exact) mass is 283 g/mol. The first kappa shape index (κ1) is 15.1. The summed E-state index contributed by atoms with van der Waals surface area (Å²) in [7, 11) is 2.10. The summed E-state index contributed by atoms with van der Waals surface area (Å²) < 4.78 is 0. The molecule has 2 aliphatic heterocycles. The van der Waals surface area contributed by atoms with Crippen LogP contribution in [0.1, 0.15) is 33.1 Å². The number of likely N-dealkylation sites (tertiary alicyclic amines) is 2. The van der Waals surface area contributed by atoms with Gasteiger partial charge in [-0.1, -0.05) is 0 Å². The second-order valence-electron chi connectivity index (χ2n) is 6.17. The van der Waals surface area contributed by atoms with Gasteiger partial charge in [0.2, 0.25) is 0 Å². The van der Waals surface area contributed by atoms with E-state index in [9.17, 15) is 9.59 Å².